The molecule has 0 aliphatic heterocycles. The Labute approximate surface area is 134 Å². The summed E-state index contributed by atoms with van der Waals surface area (Å²) in [6, 6.07) is 17.1. The summed E-state index contributed by atoms with van der Waals surface area (Å²) in [6.07, 6.45) is 2.96. The SMILES string of the molecule is OC(Cc1cccc(Br)c1)C1C2CCc3ccccc3C21. The van der Waals surface area contributed by atoms with E-state index < -0.39 is 0 Å². The Morgan fingerprint density at radius 1 is 1.14 bits per heavy atom. The molecule has 0 aromatic heterocycles. The fourth-order valence-corrected chi connectivity index (χ4v) is 4.63. The van der Waals surface area contributed by atoms with Crippen molar-refractivity contribution in [3.8, 4) is 0 Å². The third-order valence-electron chi connectivity index (χ3n) is 5.17. The lowest BCUT2D eigenvalue weighted by atomic mass is 9.92. The average molecular weight is 343 g/mol. The van der Waals surface area contributed by atoms with E-state index >= 15 is 0 Å². The fourth-order valence-electron chi connectivity index (χ4n) is 4.19. The Morgan fingerprint density at radius 3 is 2.86 bits per heavy atom. The van der Waals surface area contributed by atoms with Crippen molar-refractivity contribution < 1.29 is 5.11 Å². The van der Waals surface area contributed by atoms with Gasteiger partial charge >= 0.3 is 0 Å². The number of aliphatic hydroxyl groups is 1. The number of rotatable bonds is 3. The predicted octanol–water partition coefficient (Wildman–Crippen LogP) is 4.33. The Bertz CT molecular complexity index is 666. The summed E-state index contributed by atoms with van der Waals surface area (Å²) in [5, 5.41) is 10.7. The first-order chi connectivity index (χ1) is 10.2. The van der Waals surface area contributed by atoms with Gasteiger partial charge in [-0.15, -0.1) is 0 Å². The summed E-state index contributed by atoms with van der Waals surface area (Å²) < 4.78 is 1.09. The fraction of sp³-hybridized carbons (Fsp3) is 0.368. The first-order valence-electron chi connectivity index (χ1n) is 7.74. The first kappa shape index (κ1) is 13.5. The second-order valence-corrected chi connectivity index (χ2v) is 7.32. The zero-order chi connectivity index (χ0) is 14.4. The average Bonchev–Trinajstić information content (AvgIpc) is 3.22. The van der Waals surface area contributed by atoms with Crippen LogP contribution in [-0.2, 0) is 12.8 Å². The highest BCUT2D eigenvalue weighted by molar-refractivity contribution is 9.10. The minimum absolute atomic E-state index is 0.222. The van der Waals surface area contributed by atoms with E-state index in [1.807, 2.05) is 12.1 Å². The van der Waals surface area contributed by atoms with Crippen LogP contribution in [0.1, 0.15) is 29.0 Å². The molecule has 0 spiro atoms. The molecule has 4 rings (SSSR count). The van der Waals surface area contributed by atoms with Gasteiger partial charge in [-0.2, -0.15) is 0 Å². The third kappa shape index (κ3) is 2.45. The van der Waals surface area contributed by atoms with Crippen LogP contribution in [0, 0.1) is 11.8 Å². The summed E-state index contributed by atoms with van der Waals surface area (Å²) >= 11 is 3.51. The highest BCUT2D eigenvalue weighted by Crippen LogP contribution is 2.61. The van der Waals surface area contributed by atoms with Gasteiger partial charge in [-0.3, -0.25) is 0 Å². The zero-order valence-corrected chi connectivity index (χ0v) is 13.5. The van der Waals surface area contributed by atoms with Gasteiger partial charge in [-0.25, -0.2) is 0 Å². The quantitative estimate of drug-likeness (QED) is 0.880. The molecule has 0 heterocycles. The molecule has 0 radical (unpaired) electrons. The van der Waals surface area contributed by atoms with Crippen LogP contribution in [0.2, 0.25) is 0 Å². The van der Waals surface area contributed by atoms with Crippen molar-refractivity contribution >= 4 is 15.9 Å². The Kier molecular flexibility index (Phi) is 3.39. The maximum atomic E-state index is 10.7. The molecular formula is C19H19BrO. The van der Waals surface area contributed by atoms with Crippen LogP contribution in [0.3, 0.4) is 0 Å². The van der Waals surface area contributed by atoms with E-state index in [1.54, 1.807) is 0 Å². The van der Waals surface area contributed by atoms with Gasteiger partial charge in [0.2, 0.25) is 0 Å². The van der Waals surface area contributed by atoms with Gasteiger partial charge in [0.05, 0.1) is 6.10 Å². The highest BCUT2D eigenvalue weighted by atomic mass is 79.9. The summed E-state index contributed by atoms with van der Waals surface area (Å²) in [7, 11) is 0. The minimum atomic E-state index is -0.222. The molecule has 108 valence electrons. The first-order valence-corrected chi connectivity index (χ1v) is 8.53. The van der Waals surface area contributed by atoms with E-state index in [9.17, 15) is 5.11 Å². The molecule has 0 bridgehead atoms. The van der Waals surface area contributed by atoms with E-state index in [1.165, 1.54) is 29.5 Å². The molecule has 4 unspecified atom stereocenters. The van der Waals surface area contributed by atoms with Crippen LogP contribution >= 0.6 is 15.9 Å². The van der Waals surface area contributed by atoms with Crippen molar-refractivity contribution in [2.24, 2.45) is 11.8 Å². The molecule has 1 nitrogen and oxygen atoms in total. The lowest BCUT2D eigenvalue weighted by molar-refractivity contribution is 0.143. The van der Waals surface area contributed by atoms with E-state index in [-0.39, 0.29) is 6.10 Å². The van der Waals surface area contributed by atoms with Crippen molar-refractivity contribution in [1.82, 2.24) is 0 Å². The third-order valence-corrected chi connectivity index (χ3v) is 5.66. The van der Waals surface area contributed by atoms with Crippen molar-refractivity contribution in [2.75, 3.05) is 0 Å². The molecular weight excluding hydrogens is 324 g/mol. The number of halogens is 1. The molecule has 1 N–H and O–H groups in total. The minimum Gasteiger partial charge on any atom is -0.392 e. The van der Waals surface area contributed by atoms with Crippen LogP contribution in [0.25, 0.3) is 0 Å². The topological polar surface area (TPSA) is 20.2 Å². The number of benzene rings is 2. The molecule has 0 saturated heterocycles. The van der Waals surface area contributed by atoms with Crippen molar-refractivity contribution in [1.29, 1.82) is 0 Å². The van der Waals surface area contributed by atoms with Crippen molar-refractivity contribution in [3.63, 3.8) is 0 Å². The predicted molar refractivity (Wildman–Crippen MR) is 88.3 cm³/mol. The molecule has 1 saturated carbocycles. The Hall–Kier alpha value is -1.12. The van der Waals surface area contributed by atoms with Gasteiger partial charge < -0.3 is 5.11 Å². The number of aryl methyl sites for hydroxylation is 1. The van der Waals surface area contributed by atoms with Gasteiger partial charge in [0.15, 0.2) is 0 Å². The summed E-state index contributed by atoms with van der Waals surface area (Å²) in [6.45, 7) is 0. The monoisotopic (exact) mass is 342 g/mol. The van der Waals surface area contributed by atoms with Crippen LogP contribution in [-0.4, -0.2) is 11.2 Å². The maximum Gasteiger partial charge on any atom is 0.0617 e. The van der Waals surface area contributed by atoms with Crippen LogP contribution < -0.4 is 0 Å². The van der Waals surface area contributed by atoms with Gasteiger partial charge in [0.25, 0.3) is 0 Å². The van der Waals surface area contributed by atoms with Crippen LogP contribution in [0.5, 0.6) is 0 Å². The molecule has 2 aliphatic carbocycles. The lowest BCUT2D eigenvalue weighted by Crippen LogP contribution is -2.15. The van der Waals surface area contributed by atoms with Crippen LogP contribution in [0.15, 0.2) is 53.0 Å². The molecule has 2 aromatic rings. The number of hydrogen-bond donors (Lipinski definition) is 1. The van der Waals surface area contributed by atoms with Crippen molar-refractivity contribution in [3.05, 3.63) is 69.7 Å². The van der Waals surface area contributed by atoms with Gasteiger partial charge in [-0.05, 0) is 65.8 Å². The van der Waals surface area contributed by atoms with E-state index in [2.05, 4.69) is 52.3 Å². The molecule has 1 fully saturated rings. The number of hydrogen-bond acceptors (Lipinski definition) is 1. The Balaban J connectivity index is 1.52. The standard InChI is InChI=1S/C19H19BrO/c20-14-6-3-4-12(10-14)11-17(21)19-16-9-8-13-5-1-2-7-15(13)18(16)19/h1-7,10,16-19,21H,8-9,11H2. The van der Waals surface area contributed by atoms with Gasteiger partial charge in [0.1, 0.15) is 0 Å². The molecule has 4 atom stereocenters. The number of aliphatic hydroxyl groups excluding tert-OH is 1. The highest BCUT2D eigenvalue weighted by Gasteiger charge is 2.55. The largest absolute Gasteiger partial charge is 0.392 e. The Morgan fingerprint density at radius 2 is 2.00 bits per heavy atom. The normalized spacial score (nSPS) is 27.6. The zero-order valence-electron chi connectivity index (χ0n) is 11.9. The maximum absolute atomic E-state index is 10.7. The summed E-state index contributed by atoms with van der Waals surface area (Å²) in [4.78, 5) is 0. The van der Waals surface area contributed by atoms with E-state index in [0.29, 0.717) is 17.8 Å². The summed E-state index contributed by atoms with van der Waals surface area (Å²) in [5.74, 6) is 1.74. The molecule has 21 heavy (non-hydrogen) atoms. The lowest BCUT2D eigenvalue weighted by Gasteiger charge is -2.13. The van der Waals surface area contributed by atoms with E-state index in [4.69, 9.17) is 0 Å². The second kappa shape index (κ2) is 5.26. The molecule has 2 heteroatoms. The van der Waals surface area contributed by atoms with E-state index in [0.717, 1.165) is 10.9 Å². The van der Waals surface area contributed by atoms with Crippen LogP contribution in [0.4, 0.5) is 0 Å². The van der Waals surface area contributed by atoms with Gasteiger partial charge in [0, 0.05) is 4.47 Å². The molecule has 2 aliphatic rings. The van der Waals surface area contributed by atoms with Crippen molar-refractivity contribution in [2.45, 2.75) is 31.3 Å². The van der Waals surface area contributed by atoms with Gasteiger partial charge in [-0.1, -0.05) is 52.3 Å². The second-order valence-electron chi connectivity index (χ2n) is 6.41. The molecule has 2 aromatic carbocycles. The molecule has 0 amide bonds. The number of fused-ring (bicyclic) bond motifs is 3. The smallest absolute Gasteiger partial charge is 0.0617 e. The summed E-state index contributed by atoms with van der Waals surface area (Å²) in [5.41, 5.74) is 4.21.